The largest absolute Gasteiger partial charge is 0.463 e. The van der Waals surface area contributed by atoms with E-state index in [1.807, 2.05) is 18.7 Å². The van der Waals surface area contributed by atoms with Crippen LogP contribution in [-0.2, 0) is 4.79 Å². The Labute approximate surface area is 124 Å². The molecule has 1 saturated heterocycles. The van der Waals surface area contributed by atoms with Crippen molar-refractivity contribution in [1.82, 2.24) is 20.3 Å². The number of nitrogens with zero attached hydrogens (tertiary/aromatic N) is 4. The summed E-state index contributed by atoms with van der Waals surface area (Å²) in [5, 5.41) is 2.70. The van der Waals surface area contributed by atoms with Gasteiger partial charge >= 0.3 is 6.01 Å². The predicted octanol–water partition coefficient (Wildman–Crippen LogP) is 0.205. The molecule has 21 heavy (non-hydrogen) atoms. The summed E-state index contributed by atoms with van der Waals surface area (Å²) in [5.41, 5.74) is 5.26. The first kappa shape index (κ1) is 15.3. The lowest BCUT2D eigenvalue weighted by molar-refractivity contribution is -0.128. The maximum Gasteiger partial charge on any atom is 0.323 e. The lowest BCUT2D eigenvalue weighted by atomic mass is 9.89. The van der Waals surface area contributed by atoms with E-state index in [4.69, 9.17) is 10.5 Å². The number of nitrogens with two attached hydrogens (primary N) is 1. The Morgan fingerprint density at radius 1 is 1.48 bits per heavy atom. The van der Waals surface area contributed by atoms with Crippen molar-refractivity contribution in [2.24, 2.45) is 5.41 Å². The summed E-state index contributed by atoms with van der Waals surface area (Å²) in [6, 6.07) is 0.230. The number of rotatable bonds is 5. The van der Waals surface area contributed by atoms with Crippen molar-refractivity contribution in [2.75, 3.05) is 37.4 Å². The van der Waals surface area contributed by atoms with Gasteiger partial charge in [0.25, 0.3) is 0 Å². The van der Waals surface area contributed by atoms with E-state index in [1.54, 1.807) is 7.05 Å². The second kappa shape index (κ2) is 6.11. The van der Waals surface area contributed by atoms with E-state index in [-0.39, 0.29) is 17.9 Å². The lowest BCUT2D eigenvalue weighted by Crippen LogP contribution is -2.39. The Morgan fingerprint density at radius 2 is 2.24 bits per heavy atom. The number of aromatic nitrogens is 3. The first-order valence-electron chi connectivity index (χ1n) is 7.10. The Morgan fingerprint density at radius 3 is 2.90 bits per heavy atom. The van der Waals surface area contributed by atoms with Gasteiger partial charge in [-0.1, -0.05) is 6.92 Å². The molecule has 8 heteroatoms. The van der Waals surface area contributed by atoms with E-state index in [2.05, 4.69) is 20.3 Å². The summed E-state index contributed by atoms with van der Waals surface area (Å²) in [6.07, 6.45) is 1.60. The van der Waals surface area contributed by atoms with Crippen molar-refractivity contribution >= 4 is 17.8 Å². The van der Waals surface area contributed by atoms with Gasteiger partial charge < -0.3 is 20.7 Å². The maximum absolute atomic E-state index is 11.9. The molecule has 116 valence electrons. The number of carbonyl (C=O) groups excluding carboxylic acids is 1. The molecule has 0 saturated carbocycles. The van der Waals surface area contributed by atoms with Crippen LogP contribution in [0.4, 0.5) is 11.9 Å². The molecular formula is C13H22N6O2. The highest BCUT2D eigenvalue weighted by Crippen LogP contribution is 2.32. The zero-order valence-corrected chi connectivity index (χ0v) is 12.7. The summed E-state index contributed by atoms with van der Waals surface area (Å²) in [4.78, 5) is 26.3. The molecule has 3 N–H and O–H groups in total. The van der Waals surface area contributed by atoms with Crippen molar-refractivity contribution in [3.8, 4) is 6.01 Å². The van der Waals surface area contributed by atoms with E-state index >= 15 is 0 Å². The number of ether oxygens (including phenoxy) is 1. The van der Waals surface area contributed by atoms with Crippen LogP contribution < -0.4 is 20.7 Å². The minimum Gasteiger partial charge on any atom is -0.463 e. The molecule has 1 aromatic rings. The molecule has 2 rings (SSSR count). The zero-order valence-electron chi connectivity index (χ0n) is 12.7. The number of carbonyl (C=O) groups is 1. The fourth-order valence-corrected chi connectivity index (χ4v) is 2.38. The van der Waals surface area contributed by atoms with Gasteiger partial charge in [-0.15, -0.1) is 0 Å². The zero-order chi connectivity index (χ0) is 15.5. The molecule has 8 nitrogen and oxygen atoms in total. The molecule has 1 aliphatic rings. The molecular weight excluding hydrogens is 272 g/mol. The number of hydrogen-bond acceptors (Lipinski definition) is 7. The molecule has 1 amide bonds. The average Bonchev–Trinajstić information content (AvgIpc) is 2.87. The lowest BCUT2D eigenvalue weighted by Gasteiger charge is -2.22. The highest BCUT2D eigenvalue weighted by Gasteiger charge is 2.40. The summed E-state index contributed by atoms with van der Waals surface area (Å²) in [7, 11) is 1.65. The van der Waals surface area contributed by atoms with Crippen LogP contribution in [0, 0.1) is 5.41 Å². The molecule has 1 aromatic heterocycles. The Balaban J connectivity index is 2.16. The standard InChI is InChI=1S/C13H22N6O2/c1-4-7-21-12-17-10(14)16-11(18-12)19-6-5-13(2,8-19)9(20)15-3/h4-8H2,1-3H3,(H,15,20)(H2,14,16,17,18). The van der Waals surface area contributed by atoms with Crippen molar-refractivity contribution in [2.45, 2.75) is 26.7 Å². The molecule has 0 aliphatic carbocycles. The van der Waals surface area contributed by atoms with Crippen LogP contribution in [0.25, 0.3) is 0 Å². The van der Waals surface area contributed by atoms with E-state index in [9.17, 15) is 4.79 Å². The van der Waals surface area contributed by atoms with Gasteiger partial charge in [0.1, 0.15) is 0 Å². The van der Waals surface area contributed by atoms with Crippen molar-refractivity contribution in [3.05, 3.63) is 0 Å². The predicted molar refractivity (Wildman–Crippen MR) is 79.0 cm³/mol. The highest BCUT2D eigenvalue weighted by atomic mass is 16.5. The van der Waals surface area contributed by atoms with Gasteiger partial charge in [0, 0.05) is 20.1 Å². The molecule has 1 unspecified atom stereocenters. The quantitative estimate of drug-likeness (QED) is 0.799. The molecule has 0 radical (unpaired) electrons. The fourth-order valence-electron chi connectivity index (χ4n) is 2.38. The summed E-state index contributed by atoms with van der Waals surface area (Å²) >= 11 is 0. The minimum absolute atomic E-state index is 0.0227. The number of amides is 1. The number of anilines is 2. The SMILES string of the molecule is CCCOc1nc(N)nc(N2CCC(C)(C(=O)NC)C2)n1. The van der Waals surface area contributed by atoms with Gasteiger partial charge in [-0.3, -0.25) is 4.79 Å². The van der Waals surface area contributed by atoms with Crippen LogP contribution in [0.1, 0.15) is 26.7 Å². The van der Waals surface area contributed by atoms with E-state index in [1.165, 1.54) is 0 Å². The second-order valence-electron chi connectivity index (χ2n) is 5.44. The average molecular weight is 294 g/mol. The Bertz CT molecular complexity index is 523. The van der Waals surface area contributed by atoms with Crippen molar-refractivity contribution in [3.63, 3.8) is 0 Å². The van der Waals surface area contributed by atoms with Gasteiger partial charge in [-0.2, -0.15) is 15.0 Å². The van der Waals surface area contributed by atoms with Gasteiger partial charge in [0.2, 0.25) is 17.8 Å². The third-order valence-corrected chi connectivity index (χ3v) is 3.59. The monoisotopic (exact) mass is 294 g/mol. The Hall–Kier alpha value is -2.12. The molecule has 2 heterocycles. The minimum atomic E-state index is -0.444. The smallest absolute Gasteiger partial charge is 0.323 e. The second-order valence-corrected chi connectivity index (χ2v) is 5.44. The van der Waals surface area contributed by atoms with Crippen molar-refractivity contribution in [1.29, 1.82) is 0 Å². The first-order valence-corrected chi connectivity index (χ1v) is 7.10. The van der Waals surface area contributed by atoms with Crippen LogP contribution in [0.15, 0.2) is 0 Å². The highest BCUT2D eigenvalue weighted by molar-refractivity contribution is 5.83. The Kier molecular flexibility index (Phi) is 4.44. The summed E-state index contributed by atoms with van der Waals surface area (Å²) in [6.45, 7) is 5.70. The molecule has 0 aromatic carbocycles. The van der Waals surface area contributed by atoms with E-state index in [0.717, 1.165) is 12.8 Å². The molecule has 0 bridgehead atoms. The summed E-state index contributed by atoms with van der Waals surface area (Å²) in [5.74, 6) is 0.607. The van der Waals surface area contributed by atoms with E-state index < -0.39 is 5.41 Å². The van der Waals surface area contributed by atoms with Crippen molar-refractivity contribution < 1.29 is 9.53 Å². The third-order valence-electron chi connectivity index (χ3n) is 3.59. The van der Waals surface area contributed by atoms with Gasteiger partial charge in [-0.25, -0.2) is 0 Å². The normalized spacial score (nSPS) is 21.4. The topological polar surface area (TPSA) is 106 Å². The number of nitrogen functional groups attached to an aromatic ring is 1. The van der Waals surface area contributed by atoms with Gasteiger partial charge in [0.15, 0.2) is 0 Å². The number of nitrogens with one attached hydrogen (secondary N) is 1. The molecule has 0 spiro atoms. The van der Waals surface area contributed by atoms with Crippen LogP contribution in [0.2, 0.25) is 0 Å². The van der Waals surface area contributed by atoms with Gasteiger partial charge in [-0.05, 0) is 19.8 Å². The van der Waals surface area contributed by atoms with Gasteiger partial charge in [0.05, 0.1) is 12.0 Å². The molecule has 1 aliphatic heterocycles. The third kappa shape index (κ3) is 3.32. The van der Waals surface area contributed by atoms with Crippen LogP contribution in [0.3, 0.4) is 0 Å². The molecule has 1 atom stereocenters. The van der Waals surface area contributed by atoms with Crippen LogP contribution >= 0.6 is 0 Å². The summed E-state index contributed by atoms with van der Waals surface area (Å²) < 4.78 is 5.41. The van der Waals surface area contributed by atoms with E-state index in [0.29, 0.717) is 25.6 Å². The first-order chi connectivity index (χ1) is 9.98. The fraction of sp³-hybridized carbons (Fsp3) is 0.692. The van der Waals surface area contributed by atoms with Crippen LogP contribution in [-0.4, -0.2) is 47.6 Å². The maximum atomic E-state index is 11.9. The van der Waals surface area contributed by atoms with Crippen LogP contribution in [0.5, 0.6) is 6.01 Å². The molecule has 1 fully saturated rings. The number of hydrogen-bond donors (Lipinski definition) is 2.